The maximum Gasteiger partial charge on any atom is 0.123 e. The first-order valence-corrected chi connectivity index (χ1v) is 7.43. The molecular weight excluding hydrogens is 335 g/mol. The monoisotopic (exact) mass is 358 g/mol. The van der Waals surface area contributed by atoms with Crippen molar-refractivity contribution < 1.29 is 4.74 Å². The molecule has 1 unspecified atom stereocenters. The van der Waals surface area contributed by atoms with Gasteiger partial charge in [0.15, 0.2) is 0 Å². The number of rotatable bonds is 5. The number of halogens is 2. The smallest absolute Gasteiger partial charge is 0.123 e. The molecule has 0 amide bonds. The van der Waals surface area contributed by atoms with Gasteiger partial charge in [0.05, 0.1) is 19.7 Å². The molecule has 1 aliphatic heterocycles. The van der Waals surface area contributed by atoms with Crippen LogP contribution in [-0.2, 0) is 6.54 Å². The summed E-state index contributed by atoms with van der Waals surface area (Å²) in [5.74, 6) is 0.968. The maximum atomic E-state index is 5.53. The lowest BCUT2D eigenvalue weighted by Gasteiger charge is -2.37. The van der Waals surface area contributed by atoms with Crippen LogP contribution in [0.4, 0.5) is 0 Å². The number of nitrogens with one attached hydrogen (secondary N) is 1. The number of hydrogen-bond donors (Lipinski definition) is 1. The van der Waals surface area contributed by atoms with E-state index in [2.05, 4.69) is 27.4 Å². The second-order valence-corrected chi connectivity index (χ2v) is 5.27. The second kappa shape index (κ2) is 9.78. The van der Waals surface area contributed by atoms with Crippen molar-refractivity contribution in [3.05, 3.63) is 48.3 Å². The minimum Gasteiger partial charge on any atom is -0.496 e. The highest BCUT2D eigenvalue weighted by molar-refractivity contribution is 5.85. The van der Waals surface area contributed by atoms with Crippen molar-refractivity contribution in [2.45, 2.75) is 12.6 Å². The Hall–Kier alpha value is -1.27. The Morgan fingerprint density at radius 2 is 2.04 bits per heavy atom. The number of benzene rings is 1. The zero-order chi connectivity index (χ0) is 14.5. The lowest BCUT2D eigenvalue weighted by molar-refractivity contribution is 0.151. The van der Waals surface area contributed by atoms with E-state index in [1.54, 1.807) is 7.11 Å². The Morgan fingerprint density at radius 1 is 1.22 bits per heavy atom. The summed E-state index contributed by atoms with van der Waals surface area (Å²) in [7, 11) is 1.74. The highest BCUT2D eigenvalue weighted by atomic mass is 35.5. The van der Waals surface area contributed by atoms with E-state index in [0.717, 1.165) is 38.5 Å². The maximum absolute atomic E-state index is 5.53. The Morgan fingerprint density at radius 3 is 2.78 bits per heavy atom. The molecule has 0 bridgehead atoms. The Labute approximate surface area is 149 Å². The Bertz CT molecular complexity index is 565. The zero-order valence-electron chi connectivity index (χ0n) is 13.2. The van der Waals surface area contributed by atoms with E-state index in [9.17, 15) is 0 Å². The molecule has 0 aliphatic carbocycles. The van der Waals surface area contributed by atoms with E-state index in [1.165, 1.54) is 5.56 Å². The molecule has 1 aromatic heterocycles. The van der Waals surface area contributed by atoms with Gasteiger partial charge in [-0.2, -0.15) is 5.10 Å². The standard InChI is InChI=1S/C16H22N4O.2ClH/c1-21-16-6-3-2-5-14(16)15-13-17-8-10-19(15)11-12-20-9-4-7-18-20;;/h2-7,9,15,17H,8,10-13H2,1H3;2*1H. The van der Waals surface area contributed by atoms with Gasteiger partial charge in [0.2, 0.25) is 0 Å². The molecule has 0 radical (unpaired) electrons. The quantitative estimate of drug-likeness (QED) is 0.890. The summed E-state index contributed by atoms with van der Waals surface area (Å²) in [5, 5.41) is 7.77. The predicted molar refractivity (Wildman–Crippen MR) is 96.9 cm³/mol. The third kappa shape index (κ3) is 4.85. The largest absolute Gasteiger partial charge is 0.496 e. The summed E-state index contributed by atoms with van der Waals surface area (Å²) in [4.78, 5) is 2.51. The summed E-state index contributed by atoms with van der Waals surface area (Å²) < 4.78 is 7.51. The summed E-state index contributed by atoms with van der Waals surface area (Å²) in [5.41, 5.74) is 1.26. The third-order valence-electron chi connectivity index (χ3n) is 4.03. The van der Waals surface area contributed by atoms with E-state index in [-0.39, 0.29) is 24.8 Å². The van der Waals surface area contributed by atoms with Gasteiger partial charge in [-0.15, -0.1) is 24.8 Å². The third-order valence-corrected chi connectivity index (χ3v) is 4.03. The molecule has 1 N–H and O–H groups in total. The first-order chi connectivity index (χ1) is 10.4. The van der Waals surface area contributed by atoms with Gasteiger partial charge in [-0.1, -0.05) is 18.2 Å². The molecule has 1 aliphatic rings. The van der Waals surface area contributed by atoms with E-state index >= 15 is 0 Å². The molecule has 1 saturated heterocycles. The fourth-order valence-electron chi connectivity index (χ4n) is 2.93. The van der Waals surface area contributed by atoms with Crippen LogP contribution >= 0.6 is 24.8 Å². The van der Waals surface area contributed by atoms with Gasteiger partial charge in [0.1, 0.15) is 5.75 Å². The van der Waals surface area contributed by atoms with Crippen LogP contribution in [0.25, 0.3) is 0 Å². The zero-order valence-corrected chi connectivity index (χ0v) is 14.9. The van der Waals surface area contributed by atoms with Crippen molar-refractivity contribution in [2.75, 3.05) is 33.3 Å². The van der Waals surface area contributed by atoms with Crippen molar-refractivity contribution in [1.29, 1.82) is 0 Å². The van der Waals surface area contributed by atoms with E-state index < -0.39 is 0 Å². The van der Waals surface area contributed by atoms with Crippen LogP contribution in [-0.4, -0.2) is 48.0 Å². The Balaban J connectivity index is 0.00000132. The number of piperazine rings is 1. The number of methoxy groups -OCH3 is 1. The van der Waals surface area contributed by atoms with Crippen LogP contribution in [0.2, 0.25) is 0 Å². The first-order valence-electron chi connectivity index (χ1n) is 7.43. The summed E-state index contributed by atoms with van der Waals surface area (Å²) >= 11 is 0. The van der Waals surface area contributed by atoms with Crippen LogP contribution in [0.3, 0.4) is 0 Å². The SMILES string of the molecule is COc1ccccc1C1CNCCN1CCn1cccn1.Cl.Cl. The van der Waals surface area contributed by atoms with Crippen LogP contribution in [0.1, 0.15) is 11.6 Å². The fourth-order valence-corrected chi connectivity index (χ4v) is 2.93. The molecule has 1 fully saturated rings. The van der Waals surface area contributed by atoms with Crippen molar-refractivity contribution in [3.63, 3.8) is 0 Å². The molecule has 1 atom stereocenters. The number of ether oxygens (including phenoxy) is 1. The summed E-state index contributed by atoms with van der Waals surface area (Å²) in [6, 6.07) is 10.6. The first kappa shape index (κ1) is 19.8. The lowest BCUT2D eigenvalue weighted by atomic mass is 10.0. The summed E-state index contributed by atoms with van der Waals surface area (Å²) in [6.07, 6.45) is 3.84. The topological polar surface area (TPSA) is 42.3 Å². The van der Waals surface area contributed by atoms with Crippen molar-refractivity contribution in [2.24, 2.45) is 0 Å². The van der Waals surface area contributed by atoms with E-state index in [0.29, 0.717) is 6.04 Å². The molecule has 2 heterocycles. The van der Waals surface area contributed by atoms with Gasteiger partial charge in [0.25, 0.3) is 0 Å². The normalized spacial score (nSPS) is 17.9. The minimum absolute atomic E-state index is 0. The van der Waals surface area contributed by atoms with Crippen LogP contribution < -0.4 is 10.1 Å². The molecule has 5 nitrogen and oxygen atoms in total. The molecule has 3 rings (SSSR count). The predicted octanol–water partition coefficient (Wildman–Crippen LogP) is 2.38. The lowest BCUT2D eigenvalue weighted by Crippen LogP contribution is -2.47. The van der Waals surface area contributed by atoms with Gasteiger partial charge in [-0.05, 0) is 12.1 Å². The van der Waals surface area contributed by atoms with Gasteiger partial charge in [-0.25, -0.2) is 0 Å². The highest BCUT2D eigenvalue weighted by Crippen LogP contribution is 2.29. The van der Waals surface area contributed by atoms with Crippen molar-refractivity contribution in [3.8, 4) is 5.75 Å². The van der Waals surface area contributed by atoms with E-state index in [4.69, 9.17) is 4.74 Å². The summed E-state index contributed by atoms with van der Waals surface area (Å²) in [6.45, 7) is 4.94. The molecule has 0 spiro atoms. The Kier molecular flexibility index (Phi) is 8.41. The molecule has 0 saturated carbocycles. The molecular formula is C16H24Cl2N4O. The van der Waals surface area contributed by atoms with Crippen molar-refractivity contribution in [1.82, 2.24) is 20.0 Å². The second-order valence-electron chi connectivity index (χ2n) is 5.27. The fraction of sp³-hybridized carbons (Fsp3) is 0.438. The van der Waals surface area contributed by atoms with Crippen LogP contribution in [0, 0.1) is 0 Å². The molecule has 23 heavy (non-hydrogen) atoms. The number of hydrogen-bond acceptors (Lipinski definition) is 4. The van der Waals surface area contributed by atoms with E-state index in [1.807, 2.05) is 35.3 Å². The highest BCUT2D eigenvalue weighted by Gasteiger charge is 2.25. The number of nitrogens with zero attached hydrogens (tertiary/aromatic N) is 3. The van der Waals surface area contributed by atoms with Crippen molar-refractivity contribution >= 4 is 24.8 Å². The number of para-hydroxylation sites is 1. The molecule has 128 valence electrons. The average Bonchev–Trinajstić information content (AvgIpc) is 3.06. The molecule has 1 aromatic carbocycles. The van der Waals surface area contributed by atoms with Gasteiger partial charge in [0, 0.05) is 44.1 Å². The van der Waals surface area contributed by atoms with Gasteiger partial charge in [-0.3, -0.25) is 9.58 Å². The minimum atomic E-state index is 0. The molecule has 7 heteroatoms. The van der Waals surface area contributed by atoms with Gasteiger partial charge >= 0.3 is 0 Å². The van der Waals surface area contributed by atoms with Crippen LogP contribution in [0.5, 0.6) is 5.75 Å². The van der Waals surface area contributed by atoms with Gasteiger partial charge < -0.3 is 10.1 Å². The number of aromatic nitrogens is 2. The van der Waals surface area contributed by atoms with Crippen LogP contribution in [0.15, 0.2) is 42.7 Å². The average molecular weight is 359 g/mol. The molecule has 2 aromatic rings.